The molecule has 2 aromatic rings. The predicted octanol–water partition coefficient (Wildman–Crippen LogP) is 2.50. The summed E-state index contributed by atoms with van der Waals surface area (Å²) in [4.78, 5) is 33.3. The van der Waals surface area contributed by atoms with Crippen LogP contribution in [0.5, 0.6) is 0 Å². The van der Waals surface area contributed by atoms with E-state index in [4.69, 9.17) is 4.42 Å². The average molecular weight is 303 g/mol. The lowest BCUT2D eigenvalue weighted by atomic mass is 10.1. The highest BCUT2D eigenvalue weighted by atomic mass is 16.6. The zero-order valence-corrected chi connectivity index (χ0v) is 11.9. The number of anilines is 2. The van der Waals surface area contributed by atoms with Crippen LogP contribution in [0.25, 0.3) is 0 Å². The Morgan fingerprint density at radius 3 is 2.41 bits per heavy atom. The van der Waals surface area contributed by atoms with Gasteiger partial charge in [0.2, 0.25) is 0 Å². The fraction of sp³-hybridized carbons (Fsp3) is 0.143. The van der Waals surface area contributed by atoms with E-state index in [1.165, 1.54) is 37.3 Å². The molecule has 0 saturated heterocycles. The predicted molar refractivity (Wildman–Crippen MR) is 80.1 cm³/mol. The van der Waals surface area contributed by atoms with Crippen LogP contribution in [0, 0.1) is 17.0 Å². The van der Waals surface area contributed by atoms with Crippen LogP contribution in [0.1, 0.15) is 23.0 Å². The molecule has 0 aliphatic carbocycles. The molecule has 8 heteroatoms. The molecule has 1 heterocycles. The van der Waals surface area contributed by atoms with Crippen molar-refractivity contribution in [1.82, 2.24) is 0 Å². The number of non-ortho nitro benzene ring substituents is 1. The lowest BCUT2D eigenvalue weighted by Crippen LogP contribution is -2.19. The normalized spacial score (nSPS) is 10.1. The standard InChI is InChI=1S/C14H13N3O5/c1-8-7-12(13(9(2)18)14(19)22-8)16-15-10-3-5-11(6-4-10)17(20)21/h3-7,15-16H,1-2H3. The number of nitro groups is 1. The Labute approximate surface area is 124 Å². The summed E-state index contributed by atoms with van der Waals surface area (Å²) < 4.78 is 4.89. The highest BCUT2D eigenvalue weighted by Crippen LogP contribution is 2.18. The zero-order chi connectivity index (χ0) is 16.3. The van der Waals surface area contributed by atoms with E-state index in [1.54, 1.807) is 6.92 Å². The highest BCUT2D eigenvalue weighted by molar-refractivity contribution is 5.99. The van der Waals surface area contributed by atoms with Gasteiger partial charge in [-0.25, -0.2) is 4.79 Å². The van der Waals surface area contributed by atoms with E-state index in [-0.39, 0.29) is 16.9 Å². The van der Waals surface area contributed by atoms with Gasteiger partial charge in [-0.3, -0.25) is 20.3 Å². The quantitative estimate of drug-likeness (QED) is 0.495. The molecule has 0 aliphatic rings. The number of benzene rings is 1. The first-order chi connectivity index (χ1) is 10.4. The summed E-state index contributed by atoms with van der Waals surface area (Å²) in [6.07, 6.45) is 0. The van der Waals surface area contributed by atoms with E-state index >= 15 is 0 Å². The third kappa shape index (κ3) is 3.29. The van der Waals surface area contributed by atoms with Crippen molar-refractivity contribution in [3.63, 3.8) is 0 Å². The number of Topliss-reactive ketones (excluding diaryl/α,β-unsaturated/α-hetero) is 1. The molecule has 22 heavy (non-hydrogen) atoms. The lowest BCUT2D eigenvalue weighted by Gasteiger charge is -2.12. The Hall–Kier alpha value is -3.16. The molecular formula is C14H13N3O5. The highest BCUT2D eigenvalue weighted by Gasteiger charge is 2.14. The summed E-state index contributed by atoms with van der Waals surface area (Å²) in [5.41, 5.74) is 5.47. The van der Waals surface area contributed by atoms with Gasteiger partial charge in [0.05, 0.1) is 16.3 Å². The summed E-state index contributed by atoms with van der Waals surface area (Å²) in [6.45, 7) is 2.85. The van der Waals surface area contributed by atoms with Gasteiger partial charge in [0, 0.05) is 18.2 Å². The van der Waals surface area contributed by atoms with Crippen LogP contribution < -0.4 is 16.5 Å². The molecule has 1 aromatic carbocycles. The Morgan fingerprint density at radius 2 is 1.86 bits per heavy atom. The van der Waals surface area contributed by atoms with Crippen molar-refractivity contribution in [3.05, 3.63) is 62.2 Å². The van der Waals surface area contributed by atoms with Crippen molar-refractivity contribution in [2.45, 2.75) is 13.8 Å². The van der Waals surface area contributed by atoms with E-state index in [0.717, 1.165) is 0 Å². The number of carbonyl (C=O) groups excluding carboxylic acids is 1. The van der Waals surface area contributed by atoms with Crippen LogP contribution in [0.3, 0.4) is 0 Å². The van der Waals surface area contributed by atoms with Crippen LogP contribution >= 0.6 is 0 Å². The van der Waals surface area contributed by atoms with E-state index in [1.807, 2.05) is 0 Å². The molecule has 0 amide bonds. The van der Waals surface area contributed by atoms with Crippen LogP contribution in [0.4, 0.5) is 17.1 Å². The molecule has 0 bridgehead atoms. The van der Waals surface area contributed by atoms with Crippen LogP contribution in [-0.2, 0) is 0 Å². The van der Waals surface area contributed by atoms with Gasteiger partial charge in [0.25, 0.3) is 5.69 Å². The molecule has 0 aliphatic heterocycles. The van der Waals surface area contributed by atoms with Gasteiger partial charge in [-0.05, 0) is 26.0 Å². The number of carbonyl (C=O) groups is 1. The minimum absolute atomic E-state index is 0.0359. The van der Waals surface area contributed by atoms with E-state index in [0.29, 0.717) is 11.4 Å². The van der Waals surface area contributed by atoms with Crippen LogP contribution in [-0.4, -0.2) is 10.7 Å². The van der Waals surface area contributed by atoms with Crippen molar-refractivity contribution in [2.24, 2.45) is 0 Å². The number of hydrogen-bond donors (Lipinski definition) is 2. The van der Waals surface area contributed by atoms with E-state index in [2.05, 4.69) is 10.9 Å². The Bertz CT molecular complexity index is 780. The van der Waals surface area contributed by atoms with Crippen LogP contribution in [0.2, 0.25) is 0 Å². The number of hydrogen-bond acceptors (Lipinski definition) is 7. The maximum absolute atomic E-state index is 11.7. The minimum Gasteiger partial charge on any atom is -0.428 e. The Kier molecular flexibility index (Phi) is 4.21. The van der Waals surface area contributed by atoms with Crippen molar-refractivity contribution in [3.8, 4) is 0 Å². The molecule has 0 saturated carbocycles. The Balaban J connectivity index is 2.23. The number of nitrogens with zero attached hydrogens (tertiary/aromatic N) is 1. The molecular weight excluding hydrogens is 290 g/mol. The fourth-order valence-corrected chi connectivity index (χ4v) is 1.85. The minimum atomic E-state index is -0.722. The van der Waals surface area contributed by atoms with Crippen molar-refractivity contribution in [2.75, 3.05) is 10.9 Å². The number of hydrazine groups is 1. The topological polar surface area (TPSA) is 114 Å². The molecule has 2 N–H and O–H groups in total. The second-order valence-corrected chi connectivity index (χ2v) is 4.54. The third-order valence-electron chi connectivity index (χ3n) is 2.85. The van der Waals surface area contributed by atoms with Gasteiger partial charge in [-0.15, -0.1) is 0 Å². The molecule has 0 unspecified atom stereocenters. The number of aryl methyl sites for hydroxylation is 1. The second-order valence-electron chi connectivity index (χ2n) is 4.54. The van der Waals surface area contributed by atoms with Crippen LogP contribution in [0.15, 0.2) is 39.5 Å². The first-order valence-electron chi connectivity index (χ1n) is 6.30. The maximum atomic E-state index is 11.7. The largest absolute Gasteiger partial charge is 0.428 e. The summed E-state index contributed by atoms with van der Waals surface area (Å²) >= 11 is 0. The molecule has 0 atom stereocenters. The van der Waals surface area contributed by atoms with Gasteiger partial charge >= 0.3 is 5.63 Å². The van der Waals surface area contributed by atoms with Gasteiger partial charge in [-0.2, -0.15) is 0 Å². The molecule has 114 valence electrons. The van der Waals surface area contributed by atoms with Gasteiger partial charge in [-0.1, -0.05) is 0 Å². The summed E-state index contributed by atoms with van der Waals surface area (Å²) in [5.74, 6) is -0.0789. The Morgan fingerprint density at radius 1 is 1.23 bits per heavy atom. The zero-order valence-electron chi connectivity index (χ0n) is 11.9. The molecule has 0 radical (unpaired) electrons. The average Bonchev–Trinajstić information content (AvgIpc) is 2.44. The van der Waals surface area contributed by atoms with E-state index in [9.17, 15) is 19.7 Å². The summed E-state index contributed by atoms with van der Waals surface area (Å²) in [6, 6.07) is 7.17. The second kappa shape index (κ2) is 6.08. The fourth-order valence-electron chi connectivity index (χ4n) is 1.85. The lowest BCUT2D eigenvalue weighted by molar-refractivity contribution is -0.384. The number of nitro benzene ring substituents is 1. The molecule has 1 aromatic heterocycles. The smallest absolute Gasteiger partial charge is 0.349 e. The number of nitrogens with one attached hydrogen (secondary N) is 2. The van der Waals surface area contributed by atoms with Crippen molar-refractivity contribution >= 4 is 22.8 Å². The summed E-state index contributed by atoms with van der Waals surface area (Å²) in [5, 5.41) is 10.6. The first kappa shape index (κ1) is 15.2. The number of ketones is 1. The van der Waals surface area contributed by atoms with Crippen molar-refractivity contribution in [1.29, 1.82) is 0 Å². The molecule has 2 rings (SSSR count). The SMILES string of the molecule is CC(=O)c1c(NNc2ccc([N+](=O)[O-])cc2)cc(C)oc1=O. The molecule has 0 spiro atoms. The first-order valence-corrected chi connectivity index (χ1v) is 6.30. The molecule has 0 fully saturated rings. The van der Waals surface area contributed by atoms with E-state index < -0.39 is 16.3 Å². The van der Waals surface area contributed by atoms with Crippen molar-refractivity contribution < 1.29 is 14.1 Å². The summed E-state index contributed by atoms with van der Waals surface area (Å²) in [7, 11) is 0. The monoisotopic (exact) mass is 303 g/mol. The van der Waals surface area contributed by atoms with Gasteiger partial charge < -0.3 is 9.84 Å². The van der Waals surface area contributed by atoms with Gasteiger partial charge in [0.1, 0.15) is 11.3 Å². The van der Waals surface area contributed by atoms with Gasteiger partial charge in [0.15, 0.2) is 5.78 Å². The molecule has 8 nitrogen and oxygen atoms in total. The number of rotatable bonds is 5. The maximum Gasteiger partial charge on any atom is 0.349 e. The third-order valence-corrected chi connectivity index (χ3v) is 2.85.